The molecule has 9 nitrogen and oxygen atoms in total. The Labute approximate surface area is 560 Å². The second-order valence-electron chi connectivity index (χ2n) is 28.1. The van der Waals surface area contributed by atoms with Gasteiger partial charge in [0.05, 0.1) is 27.7 Å². The van der Waals surface area contributed by atoms with Crippen molar-refractivity contribution in [3.05, 3.63) is 48.6 Å². The third-order valence-corrected chi connectivity index (χ3v) is 18.8. The van der Waals surface area contributed by atoms with Crippen LogP contribution in [0.15, 0.2) is 48.6 Å². The quantitative estimate of drug-likeness (QED) is 0.0195. The lowest BCUT2D eigenvalue weighted by Gasteiger charge is -2.28. The van der Waals surface area contributed by atoms with Crippen LogP contribution in [0.2, 0.25) is 0 Å². The smallest absolute Gasteiger partial charge is 0.306 e. The zero-order valence-electron chi connectivity index (χ0n) is 60.6. The van der Waals surface area contributed by atoms with Crippen LogP contribution in [-0.4, -0.2) is 70.0 Å². The van der Waals surface area contributed by atoms with E-state index < -0.39 is 26.5 Å². The maximum atomic E-state index is 12.9. The summed E-state index contributed by atoms with van der Waals surface area (Å²) in [4.78, 5) is 38.1. The molecule has 0 rings (SSSR count). The first-order valence-electron chi connectivity index (χ1n) is 39.3. The summed E-state index contributed by atoms with van der Waals surface area (Å²) in [7, 11) is 1.18. The van der Waals surface area contributed by atoms with Crippen LogP contribution >= 0.6 is 7.82 Å². The van der Waals surface area contributed by atoms with E-state index in [1.165, 1.54) is 315 Å². The maximum absolute atomic E-state index is 12.9. The van der Waals surface area contributed by atoms with E-state index >= 15 is 0 Å². The second kappa shape index (κ2) is 71.3. The molecule has 0 aromatic rings. The van der Waals surface area contributed by atoms with E-state index in [4.69, 9.17) is 18.5 Å². The Morgan fingerprint density at radius 1 is 0.344 bits per heavy atom. The van der Waals surface area contributed by atoms with Crippen molar-refractivity contribution in [1.82, 2.24) is 0 Å². The summed E-state index contributed by atoms with van der Waals surface area (Å²) in [5.41, 5.74) is 0. The number of hydrogen-bond donors (Lipinski definition) is 0. The third-order valence-electron chi connectivity index (χ3n) is 17.8. The van der Waals surface area contributed by atoms with Crippen molar-refractivity contribution in [2.24, 2.45) is 0 Å². The topological polar surface area (TPSA) is 111 Å². The molecule has 0 aromatic carbocycles. The average Bonchev–Trinajstić information content (AvgIpc) is 3.61. The van der Waals surface area contributed by atoms with Crippen molar-refractivity contribution in [2.75, 3.05) is 47.5 Å². The van der Waals surface area contributed by atoms with E-state index in [-0.39, 0.29) is 32.0 Å². The molecular formula is C80H152NO8P. The third kappa shape index (κ3) is 75.0. The van der Waals surface area contributed by atoms with Crippen LogP contribution in [0.5, 0.6) is 0 Å². The number of likely N-dealkylation sites (N-methyl/N-ethyl adjacent to an activating group) is 1. The van der Waals surface area contributed by atoms with Crippen LogP contribution in [0.3, 0.4) is 0 Å². The predicted octanol–water partition coefficient (Wildman–Crippen LogP) is 25.3. The van der Waals surface area contributed by atoms with Gasteiger partial charge in [0.2, 0.25) is 0 Å². The van der Waals surface area contributed by atoms with Crippen molar-refractivity contribution in [3.63, 3.8) is 0 Å². The SMILES string of the molecule is CCCCCCC/C=C\C/C=C\C/C=C\CCCCCCCCCCCCCCC(=O)OC(COC(=O)CCCCCCCCCCCCCCCCCCCCCCCCCCCCC/C=C\CCCCCCCCCC)COP(=O)([O-])OCC[N+](C)(C)C. The number of hydrogen-bond acceptors (Lipinski definition) is 8. The Balaban J connectivity index is 3.90. The minimum absolute atomic E-state index is 0.0297. The van der Waals surface area contributed by atoms with Gasteiger partial charge in [-0.25, -0.2) is 0 Å². The molecule has 0 amide bonds. The fraction of sp³-hybridized carbons (Fsp3) is 0.875. The highest BCUT2D eigenvalue weighted by molar-refractivity contribution is 7.45. The zero-order chi connectivity index (χ0) is 65.5. The largest absolute Gasteiger partial charge is 0.756 e. The van der Waals surface area contributed by atoms with Gasteiger partial charge in [-0.3, -0.25) is 14.2 Å². The standard InChI is InChI=1S/C80H152NO8P/c1-6-8-10-12-14-16-18-20-22-24-26-28-30-32-34-35-36-37-38-39-40-41-42-43-44-45-47-48-50-52-54-56-58-60-62-64-66-68-70-72-79(82)86-76-78(77-88-90(84,85)87-75-74-81(3,4)5)89-80(83)73-71-69-67-65-63-61-59-57-55-53-51-49-46-33-31-29-27-25-23-21-19-17-15-13-11-9-7-2/h19,21,24-27,31,33,78H,6-18,20,22-23,28-30,32,34-77H2,1-5H3/b21-19-,26-24-,27-25-,33-31-. The Morgan fingerprint density at radius 3 is 0.900 bits per heavy atom. The predicted molar refractivity (Wildman–Crippen MR) is 388 cm³/mol. The Kier molecular flexibility index (Phi) is 69.7. The first kappa shape index (κ1) is 88.0. The van der Waals surface area contributed by atoms with Gasteiger partial charge in [-0.05, 0) is 77.0 Å². The number of unbranched alkanes of at least 4 members (excludes halogenated alkanes) is 52. The van der Waals surface area contributed by atoms with Gasteiger partial charge in [-0.15, -0.1) is 0 Å². The molecule has 0 aliphatic rings. The van der Waals surface area contributed by atoms with E-state index in [9.17, 15) is 19.0 Å². The normalized spacial score (nSPS) is 13.3. The molecule has 90 heavy (non-hydrogen) atoms. The van der Waals surface area contributed by atoms with Crippen molar-refractivity contribution in [3.8, 4) is 0 Å². The minimum Gasteiger partial charge on any atom is -0.756 e. The van der Waals surface area contributed by atoms with Crippen LogP contribution in [0.25, 0.3) is 0 Å². The lowest BCUT2D eigenvalue weighted by atomic mass is 10.0. The highest BCUT2D eigenvalue weighted by Crippen LogP contribution is 2.38. The van der Waals surface area contributed by atoms with Gasteiger partial charge in [0.15, 0.2) is 6.10 Å². The van der Waals surface area contributed by atoms with Crippen molar-refractivity contribution < 1.29 is 42.1 Å². The van der Waals surface area contributed by atoms with Gasteiger partial charge >= 0.3 is 11.9 Å². The van der Waals surface area contributed by atoms with E-state index in [0.717, 1.165) is 51.4 Å². The molecule has 2 atom stereocenters. The number of ether oxygens (including phenoxy) is 2. The number of allylic oxidation sites excluding steroid dienone is 8. The summed E-state index contributed by atoms with van der Waals surface area (Å²) in [6.07, 6.45) is 93.8. The Bertz CT molecular complexity index is 1660. The monoisotopic (exact) mass is 1290 g/mol. The van der Waals surface area contributed by atoms with Gasteiger partial charge in [0.25, 0.3) is 7.82 Å². The fourth-order valence-electron chi connectivity index (χ4n) is 11.8. The molecule has 2 unspecified atom stereocenters. The van der Waals surface area contributed by atoms with Crippen LogP contribution in [0.4, 0.5) is 0 Å². The minimum atomic E-state index is -4.64. The van der Waals surface area contributed by atoms with Crippen molar-refractivity contribution in [1.29, 1.82) is 0 Å². The highest BCUT2D eigenvalue weighted by atomic mass is 31.2. The molecule has 0 aliphatic carbocycles. The summed E-state index contributed by atoms with van der Waals surface area (Å²) >= 11 is 0. The van der Waals surface area contributed by atoms with E-state index in [1.54, 1.807) is 0 Å². The number of nitrogens with zero attached hydrogens (tertiary/aromatic N) is 1. The molecule has 0 aromatic heterocycles. The van der Waals surface area contributed by atoms with Gasteiger partial charge in [-0.1, -0.05) is 358 Å². The number of quaternary nitrogens is 1. The average molecular weight is 1290 g/mol. The molecule has 0 N–H and O–H groups in total. The van der Waals surface area contributed by atoms with E-state index in [1.807, 2.05) is 21.1 Å². The van der Waals surface area contributed by atoms with Crippen LogP contribution in [0.1, 0.15) is 399 Å². The molecule has 0 radical (unpaired) electrons. The highest BCUT2D eigenvalue weighted by Gasteiger charge is 2.22. The first-order chi connectivity index (χ1) is 44.0. The molecular weight excluding hydrogens is 1130 g/mol. The van der Waals surface area contributed by atoms with E-state index in [0.29, 0.717) is 17.4 Å². The maximum Gasteiger partial charge on any atom is 0.306 e. The van der Waals surface area contributed by atoms with E-state index in [2.05, 4.69) is 62.5 Å². The summed E-state index contributed by atoms with van der Waals surface area (Å²) in [6, 6.07) is 0. The summed E-state index contributed by atoms with van der Waals surface area (Å²) < 4.78 is 34.4. The van der Waals surface area contributed by atoms with Crippen LogP contribution in [-0.2, 0) is 32.7 Å². The van der Waals surface area contributed by atoms with Crippen LogP contribution < -0.4 is 4.89 Å². The van der Waals surface area contributed by atoms with Gasteiger partial charge in [0.1, 0.15) is 19.8 Å². The molecule has 0 aliphatic heterocycles. The number of esters is 2. The molecule has 0 bridgehead atoms. The Hall–Kier alpha value is -2.03. The number of carbonyl (C=O) groups excluding carboxylic acids is 2. The summed E-state index contributed by atoms with van der Waals surface area (Å²) in [5, 5.41) is 0. The second-order valence-corrected chi connectivity index (χ2v) is 29.5. The lowest BCUT2D eigenvalue weighted by Crippen LogP contribution is -2.37. The molecule has 10 heteroatoms. The van der Waals surface area contributed by atoms with Crippen molar-refractivity contribution in [2.45, 2.75) is 405 Å². The number of rotatable bonds is 74. The Morgan fingerprint density at radius 2 is 0.600 bits per heavy atom. The molecule has 0 saturated carbocycles. The van der Waals surface area contributed by atoms with Crippen LogP contribution in [0, 0.1) is 0 Å². The number of phosphoric acid groups is 1. The number of phosphoric ester groups is 1. The lowest BCUT2D eigenvalue weighted by molar-refractivity contribution is -0.870. The summed E-state index contributed by atoms with van der Waals surface area (Å²) in [6.45, 7) is 4.29. The van der Waals surface area contributed by atoms with Gasteiger partial charge in [0, 0.05) is 12.8 Å². The zero-order valence-corrected chi connectivity index (χ0v) is 61.5. The molecule has 0 fully saturated rings. The number of carbonyl (C=O) groups is 2. The van der Waals surface area contributed by atoms with Gasteiger partial charge in [-0.2, -0.15) is 0 Å². The fourth-order valence-corrected chi connectivity index (χ4v) is 12.5. The summed E-state index contributed by atoms with van der Waals surface area (Å²) in [5.74, 6) is -0.816. The molecule has 0 spiro atoms. The molecule has 0 heterocycles. The van der Waals surface area contributed by atoms with Gasteiger partial charge < -0.3 is 27.9 Å². The van der Waals surface area contributed by atoms with Crippen molar-refractivity contribution >= 4 is 19.8 Å². The molecule has 0 saturated heterocycles. The first-order valence-corrected chi connectivity index (χ1v) is 40.8. The molecule has 530 valence electrons.